The Morgan fingerprint density at radius 3 is 2.58 bits per heavy atom. The summed E-state index contributed by atoms with van der Waals surface area (Å²) in [5, 5.41) is 22.0. The van der Waals surface area contributed by atoms with Crippen molar-refractivity contribution in [2.24, 2.45) is 0 Å². The van der Waals surface area contributed by atoms with Crippen molar-refractivity contribution in [3.63, 3.8) is 0 Å². The van der Waals surface area contributed by atoms with Crippen molar-refractivity contribution in [1.29, 1.82) is 0 Å². The van der Waals surface area contributed by atoms with Gasteiger partial charge in [-0.05, 0) is 40.8 Å². The van der Waals surface area contributed by atoms with Gasteiger partial charge in [-0.3, -0.25) is 10.1 Å². The number of esters is 1. The molecule has 24 heavy (non-hydrogen) atoms. The largest absolute Gasteiger partial charge is 0.421 e. The maximum absolute atomic E-state index is 12.2. The van der Waals surface area contributed by atoms with Gasteiger partial charge in [-0.1, -0.05) is 11.6 Å². The van der Waals surface area contributed by atoms with Gasteiger partial charge in [0.25, 0.3) is 5.69 Å². The number of carbonyl (C=O) groups is 1. The zero-order valence-electron chi connectivity index (χ0n) is 11.9. The van der Waals surface area contributed by atoms with Crippen LogP contribution in [0.5, 0.6) is 5.75 Å². The summed E-state index contributed by atoms with van der Waals surface area (Å²) >= 11 is 5.77. The van der Waals surface area contributed by atoms with Gasteiger partial charge < -0.3 is 4.74 Å². The summed E-state index contributed by atoms with van der Waals surface area (Å²) in [7, 11) is 0. The van der Waals surface area contributed by atoms with E-state index in [1.807, 2.05) is 0 Å². The van der Waals surface area contributed by atoms with Gasteiger partial charge in [-0.2, -0.15) is 4.68 Å². The monoisotopic (exact) mass is 345 g/mol. The summed E-state index contributed by atoms with van der Waals surface area (Å²) in [6, 6.07) is 9.86. The lowest BCUT2D eigenvalue weighted by atomic mass is 10.2. The molecule has 0 saturated heterocycles. The van der Waals surface area contributed by atoms with E-state index in [1.54, 1.807) is 12.1 Å². The topological polar surface area (TPSA) is 113 Å². The Hall–Kier alpha value is -3.33. The van der Waals surface area contributed by atoms with Gasteiger partial charge in [0.2, 0.25) is 0 Å². The molecule has 2 aromatic carbocycles. The van der Waals surface area contributed by atoms with Crippen molar-refractivity contribution >= 4 is 23.3 Å². The molecule has 0 aliphatic rings. The van der Waals surface area contributed by atoms with Gasteiger partial charge in [0.15, 0.2) is 5.75 Å². The lowest BCUT2D eigenvalue weighted by Gasteiger charge is -2.09. The Bertz CT molecular complexity index is 896. The number of hydrogen-bond donors (Lipinski definition) is 0. The maximum Gasteiger partial charge on any atom is 0.343 e. The minimum atomic E-state index is -0.644. The van der Waals surface area contributed by atoms with Crippen molar-refractivity contribution in [3.05, 3.63) is 69.5 Å². The minimum absolute atomic E-state index is 0.0767. The number of hydrogen-bond acceptors (Lipinski definition) is 7. The SMILES string of the molecule is O=C(Oc1ccc([N+](=O)[O-])cc1-n1cnnn1)c1ccc(Cl)cc1. The van der Waals surface area contributed by atoms with Gasteiger partial charge >= 0.3 is 5.97 Å². The summed E-state index contributed by atoms with van der Waals surface area (Å²) in [5.74, 6) is -0.567. The van der Waals surface area contributed by atoms with Crippen LogP contribution in [0.3, 0.4) is 0 Å². The van der Waals surface area contributed by atoms with Gasteiger partial charge in [0, 0.05) is 17.2 Å². The number of tetrazole rings is 1. The highest BCUT2D eigenvalue weighted by molar-refractivity contribution is 6.30. The molecule has 0 aliphatic heterocycles. The van der Waals surface area contributed by atoms with Gasteiger partial charge in [-0.25, -0.2) is 4.79 Å². The fraction of sp³-hybridized carbons (Fsp3) is 0. The second-order valence-electron chi connectivity index (χ2n) is 4.56. The van der Waals surface area contributed by atoms with Crippen molar-refractivity contribution in [2.45, 2.75) is 0 Å². The van der Waals surface area contributed by atoms with Crippen LogP contribution < -0.4 is 4.74 Å². The first kappa shape index (κ1) is 15.6. The van der Waals surface area contributed by atoms with Crippen LogP contribution in [-0.4, -0.2) is 31.1 Å². The normalized spacial score (nSPS) is 10.4. The number of carbonyl (C=O) groups excluding carboxylic acids is 1. The zero-order valence-corrected chi connectivity index (χ0v) is 12.6. The molecule has 1 aromatic heterocycles. The highest BCUT2D eigenvalue weighted by atomic mass is 35.5. The number of benzene rings is 2. The van der Waals surface area contributed by atoms with Crippen molar-refractivity contribution in [3.8, 4) is 11.4 Å². The van der Waals surface area contributed by atoms with Gasteiger partial charge in [0.1, 0.15) is 12.0 Å². The summed E-state index contributed by atoms with van der Waals surface area (Å²) in [5.41, 5.74) is 0.253. The van der Waals surface area contributed by atoms with Crippen LogP contribution in [0, 0.1) is 10.1 Å². The number of nitro benzene ring substituents is 1. The molecule has 0 N–H and O–H groups in total. The summed E-state index contributed by atoms with van der Waals surface area (Å²) in [6.07, 6.45) is 1.23. The number of nitro groups is 1. The molecular weight excluding hydrogens is 338 g/mol. The number of aromatic nitrogens is 4. The Balaban J connectivity index is 1.96. The molecule has 0 atom stereocenters. The molecule has 0 fully saturated rings. The molecule has 0 radical (unpaired) electrons. The third kappa shape index (κ3) is 3.20. The van der Waals surface area contributed by atoms with E-state index in [0.717, 1.165) is 4.68 Å². The summed E-state index contributed by atoms with van der Waals surface area (Å²) in [4.78, 5) is 22.6. The first-order valence-electron chi connectivity index (χ1n) is 6.54. The van der Waals surface area contributed by atoms with Gasteiger partial charge in [-0.15, -0.1) is 5.10 Å². The molecule has 10 heteroatoms. The number of non-ortho nitro benzene ring substituents is 1. The lowest BCUT2D eigenvalue weighted by Crippen LogP contribution is -2.11. The Kier molecular flexibility index (Phi) is 4.17. The molecule has 0 bridgehead atoms. The number of halogens is 1. The fourth-order valence-corrected chi connectivity index (χ4v) is 2.03. The third-order valence-electron chi connectivity index (χ3n) is 3.03. The summed E-state index contributed by atoms with van der Waals surface area (Å²) < 4.78 is 6.47. The smallest absolute Gasteiger partial charge is 0.343 e. The van der Waals surface area contributed by atoms with E-state index in [9.17, 15) is 14.9 Å². The average Bonchev–Trinajstić information content (AvgIpc) is 3.10. The Morgan fingerprint density at radius 2 is 1.96 bits per heavy atom. The molecule has 0 saturated carbocycles. The van der Waals surface area contributed by atoms with Crippen LogP contribution in [0.1, 0.15) is 10.4 Å². The highest BCUT2D eigenvalue weighted by Gasteiger charge is 2.17. The average molecular weight is 346 g/mol. The molecule has 0 spiro atoms. The molecule has 9 nitrogen and oxygen atoms in total. The van der Waals surface area contributed by atoms with E-state index < -0.39 is 10.9 Å². The number of nitrogens with zero attached hydrogens (tertiary/aromatic N) is 5. The van der Waals surface area contributed by atoms with E-state index in [2.05, 4.69) is 15.5 Å². The molecule has 120 valence electrons. The van der Waals surface area contributed by atoms with Crippen molar-refractivity contribution < 1.29 is 14.5 Å². The number of ether oxygens (including phenoxy) is 1. The van der Waals surface area contributed by atoms with Crippen LogP contribution in [0.2, 0.25) is 5.02 Å². The molecule has 0 amide bonds. The van der Waals surface area contributed by atoms with Crippen LogP contribution in [0.4, 0.5) is 5.69 Å². The third-order valence-corrected chi connectivity index (χ3v) is 3.28. The number of rotatable bonds is 4. The predicted molar refractivity (Wildman–Crippen MR) is 82.2 cm³/mol. The second kappa shape index (κ2) is 6.42. The van der Waals surface area contributed by atoms with Crippen LogP contribution in [0.25, 0.3) is 5.69 Å². The molecule has 0 unspecified atom stereocenters. The standard InChI is InChI=1S/C14H8ClN5O4/c15-10-3-1-9(2-4-10)14(21)24-13-6-5-11(20(22)23)7-12(13)19-8-16-17-18-19/h1-8H. The van der Waals surface area contributed by atoms with Crippen LogP contribution >= 0.6 is 11.6 Å². The van der Waals surface area contributed by atoms with Crippen molar-refractivity contribution in [1.82, 2.24) is 20.2 Å². The van der Waals surface area contributed by atoms with E-state index in [1.165, 1.54) is 36.7 Å². The summed E-state index contributed by atoms with van der Waals surface area (Å²) in [6.45, 7) is 0. The quantitative estimate of drug-likeness (QED) is 0.309. The lowest BCUT2D eigenvalue weighted by molar-refractivity contribution is -0.384. The first-order valence-corrected chi connectivity index (χ1v) is 6.92. The van der Waals surface area contributed by atoms with Gasteiger partial charge in [0.05, 0.1) is 10.5 Å². The molecule has 3 rings (SSSR count). The Labute approximate surface area is 139 Å². The van der Waals surface area contributed by atoms with E-state index in [-0.39, 0.29) is 22.7 Å². The van der Waals surface area contributed by atoms with Crippen molar-refractivity contribution in [2.75, 3.05) is 0 Å². The fourth-order valence-electron chi connectivity index (χ4n) is 1.90. The molecule has 0 aliphatic carbocycles. The first-order chi connectivity index (χ1) is 11.5. The Morgan fingerprint density at radius 1 is 1.21 bits per heavy atom. The zero-order chi connectivity index (χ0) is 17.1. The van der Waals surface area contributed by atoms with E-state index in [0.29, 0.717) is 5.02 Å². The molecule has 3 aromatic rings. The molecule has 1 heterocycles. The van der Waals surface area contributed by atoms with E-state index >= 15 is 0 Å². The van der Waals surface area contributed by atoms with Crippen LogP contribution in [-0.2, 0) is 0 Å². The predicted octanol–water partition coefficient (Wildman–Crippen LogP) is 2.44. The molecular formula is C14H8ClN5O4. The van der Waals surface area contributed by atoms with Crippen LogP contribution in [0.15, 0.2) is 48.8 Å². The van der Waals surface area contributed by atoms with E-state index in [4.69, 9.17) is 16.3 Å². The minimum Gasteiger partial charge on any atom is -0.421 e. The second-order valence-corrected chi connectivity index (χ2v) is 5.00. The highest BCUT2D eigenvalue weighted by Crippen LogP contribution is 2.27. The maximum atomic E-state index is 12.2.